The first-order valence-corrected chi connectivity index (χ1v) is 7.84. The molecule has 98 valence electrons. The fraction of sp³-hybridized carbons (Fsp3) is 0.200. The fourth-order valence-electron chi connectivity index (χ4n) is 2.07. The molecule has 0 saturated carbocycles. The lowest BCUT2D eigenvalue weighted by molar-refractivity contribution is 0.630. The molecule has 0 aliphatic carbocycles. The van der Waals surface area contributed by atoms with Crippen molar-refractivity contribution in [1.29, 1.82) is 0 Å². The molecule has 0 radical (unpaired) electrons. The molecule has 1 atom stereocenters. The third kappa shape index (κ3) is 2.43. The second kappa shape index (κ2) is 5.04. The van der Waals surface area contributed by atoms with Crippen molar-refractivity contribution >= 4 is 32.8 Å². The Morgan fingerprint density at radius 1 is 1.11 bits per heavy atom. The van der Waals surface area contributed by atoms with E-state index in [2.05, 4.69) is 25.1 Å². The van der Waals surface area contributed by atoms with E-state index in [0.717, 1.165) is 21.4 Å². The van der Waals surface area contributed by atoms with Crippen LogP contribution in [0.25, 0.3) is 10.1 Å². The minimum Gasteiger partial charge on any atom is -0.319 e. The maximum atomic E-state index is 13.2. The van der Waals surface area contributed by atoms with Crippen LogP contribution < -0.4 is 5.73 Å². The van der Waals surface area contributed by atoms with Crippen LogP contribution in [0.1, 0.15) is 27.6 Å². The van der Waals surface area contributed by atoms with Gasteiger partial charge >= 0.3 is 0 Å². The van der Waals surface area contributed by atoms with E-state index in [9.17, 15) is 4.39 Å². The number of halogens is 1. The average Bonchev–Trinajstić information content (AvgIpc) is 3.03. The normalized spacial score (nSPS) is 13.0. The number of fused-ring (bicyclic) bond motifs is 1. The van der Waals surface area contributed by atoms with E-state index in [1.54, 1.807) is 28.7 Å². The van der Waals surface area contributed by atoms with Crippen LogP contribution in [0.4, 0.5) is 4.39 Å². The van der Waals surface area contributed by atoms with Crippen LogP contribution in [-0.2, 0) is 6.42 Å². The molecule has 0 aliphatic rings. The molecule has 2 heterocycles. The van der Waals surface area contributed by atoms with Crippen molar-refractivity contribution in [2.24, 2.45) is 5.73 Å². The van der Waals surface area contributed by atoms with Gasteiger partial charge in [0.15, 0.2) is 0 Å². The van der Waals surface area contributed by atoms with E-state index in [-0.39, 0.29) is 11.9 Å². The molecule has 0 bridgehead atoms. The number of nitrogens with two attached hydrogens (primary N) is 1. The molecule has 1 unspecified atom stereocenters. The van der Waals surface area contributed by atoms with Gasteiger partial charge in [-0.25, -0.2) is 4.39 Å². The Hall–Kier alpha value is -1.23. The molecule has 2 N–H and O–H groups in total. The van der Waals surface area contributed by atoms with Gasteiger partial charge in [0.25, 0.3) is 0 Å². The molecule has 0 saturated heterocycles. The van der Waals surface area contributed by atoms with Gasteiger partial charge in [0.05, 0.1) is 6.04 Å². The Labute approximate surface area is 119 Å². The molecule has 0 fully saturated rings. The quantitative estimate of drug-likeness (QED) is 0.743. The highest BCUT2D eigenvalue weighted by Crippen LogP contribution is 2.34. The summed E-state index contributed by atoms with van der Waals surface area (Å²) in [5, 5.41) is 1.06. The predicted octanol–water partition coefficient (Wildman–Crippen LogP) is 4.71. The van der Waals surface area contributed by atoms with E-state index in [0.29, 0.717) is 0 Å². The number of hydrogen-bond acceptors (Lipinski definition) is 3. The van der Waals surface area contributed by atoms with E-state index < -0.39 is 0 Å². The highest BCUT2D eigenvalue weighted by atomic mass is 32.1. The molecule has 4 heteroatoms. The summed E-state index contributed by atoms with van der Waals surface area (Å²) in [6.07, 6.45) is 1.04. The monoisotopic (exact) mass is 291 g/mol. The maximum absolute atomic E-state index is 13.2. The van der Waals surface area contributed by atoms with Crippen molar-refractivity contribution in [2.75, 3.05) is 0 Å². The molecular weight excluding hydrogens is 277 g/mol. The number of thiophene rings is 2. The summed E-state index contributed by atoms with van der Waals surface area (Å²) < 4.78 is 14.2. The van der Waals surface area contributed by atoms with Gasteiger partial charge in [-0.15, -0.1) is 22.7 Å². The Bertz CT molecular complexity index is 714. The van der Waals surface area contributed by atoms with Crippen molar-refractivity contribution in [1.82, 2.24) is 0 Å². The molecule has 2 aromatic heterocycles. The third-order valence-corrected chi connectivity index (χ3v) is 5.64. The number of aryl methyl sites for hydroxylation is 1. The fourth-order valence-corrected chi connectivity index (χ4v) is 4.23. The lowest BCUT2D eigenvalue weighted by atomic mass is 10.2. The molecule has 19 heavy (non-hydrogen) atoms. The van der Waals surface area contributed by atoms with Crippen LogP contribution in [0, 0.1) is 5.82 Å². The number of rotatable bonds is 3. The zero-order valence-electron chi connectivity index (χ0n) is 10.5. The Morgan fingerprint density at radius 2 is 1.95 bits per heavy atom. The number of hydrogen-bond donors (Lipinski definition) is 1. The van der Waals surface area contributed by atoms with Crippen molar-refractivity contribution in [3.05, 3.63) is 56.8 Å². The van der Waals surface area contributed by atoms with Crippen LogP contribution in [0.15, 0.2) is 36.4 Å². The van der Waals surface area contributed by atoms with E-state index in [4.69, 9.17) is 5.73 Å². The Balaban J connectivity index is 1.98. The average molecular weight is 291 g/mol. The van der Waals surface area contributed by atoms with E-state index >= 15 is 0 Å². The van der Waals surface area contributed by atoms with Gasteiger partial charge in [-0.2, -0.15) is 0 Å². The molecule has 1 aromatic carbocycles. The van der Waals surface area contributed by atoms with Crippen molar-refractivity contribution in [3.63, 3.8) is 0 Å². The van der Waals surface area contributed by atoms with Crippen LogP contribution >= 0.6 is 22.7 Å². The van der Waals surface area contributed by atoms with Gasteiger partial charge in [0.2, 0.25) is 0 Å². The van der Waals surface area contributed by atoms with Gasteiger partial charge in [0.1, 0.15) is 5.82 Å². The minimum atomic E-state index is -0.195. The van der Waals surface area contributed by atoms with Gasteiger partial charge in [0, 0.05) is 19.3 Å². The zero-order valence-corrected chi connectivity index (χ0v) is 12.2. The first kappa shape index (κ1) is 12.8. The van der Waals surface area contributed by atoms with Gasteiger partial charge in [-0.1, -0.05) is 13.0 Å². The minimum absolute atomic E-state index is 0.106. The molecular formula is C15H14FNS2. The smallest absolute Gasteiger partial charge is 0.124 e. The van der Waals surface area contributed by atoms with Crippen LogP contribution in [-0.4, -0.2) is 0 Å². The maximum Gasteiger partial charge on any atom is 0.124 e. The highest BCUT2D eigenvalue weighted by Gasteiger charge is 2.14. The summed E-state index contributed by atoms with van der Waals surface area (Å²) in [7, 11) is 0. The Kier molecular flexibility index (Phi) is 3.39. The van der Waals surface area contributed by atoms with Crippen molar-refractivity contribution < 1.29 is 4.39 Å². The van der Waals surface area contributed by atoms with Gasteiger partial charge in [-0.3, -0.25) is 0 Å². The second-order valence-electron chi connectivity index (χ2n) is 4.47. The van der Waals surface area contributed by atoms with E-state index in [1.807, 2.05) is 6.07 Å². The largest absolute Gasteiger partial charge is 0.319 e. The summed E-state index contributed by atoms with van der Waals surface area (Å²) in [5.41, 5.74) is 6.31. The van der Waals surface area contributed by atoms with Crippen LogP contribution in [0.3, 0.4) is 0 Å². The first-order valence-electron chi connectivity index (χ1n) is 6.20. The predicted molar refractivity (Wildman–Crippen MR) is 81.5 cm³/mol. The van der Waals surface area contributed by atoms with Crippen molar-refractivity contribution in [3.8, 4) is 0 Å². The van der Waals surface area contributed by atoms with Crippen molar-refractivity contribution in [2.45, 2.75) is 19.4 Å². The second-order valence-corrected chi connectivity index (χ2v) is 6.78. The summed E-state index contributed by atoms with van der Waals surface area (Å²) in [6, 6.07) is 11.1. The summed E-state index contributed by atoms with van der Waals surface area (Å²) >= 11 is 3.33. The molecule has 3 aromatic rings. The molecule has 0 spiro atoms. The topological polar surface area (TPSA) is 26.0 Å². The number of benzene rings is 1. The summed E-state index contributed by atoms with van der Waals surface area (Å²) in [5.74, 6) is -0.195. The molecule has 0 amide bonds. The Morgan fingerprint density at radius 3 is 2.68 bits per heavy atom. The standard InChI is InChI=1S/C15H14FNS2/c1-2-11-5-6-12(18-11)15(17)14-7-9-3-4-10(16)8-13(9)19-14/h3-8,15H,2,17H2,1H3. The third-order valence-electron chi connectivity index (χ3n) is 3.15. The van der Waals surface area contributed by atoms with Gasteiger partial charge in [-0.05, 0) is 42.1 Å². The molecule has 1 nitrogen and oxygen atoms in total. The SMILES string of the molecule is CCc1ccc(C(N)c2cc3ccc(F)cc3s2)s1. The van der Waals surface area contributed by atoms with Gasteiger partial charge < -0.3 is 5.73 Å². The summed E-state index contributed by atoms with van der Waals surface area (Å²) in [6.45, 7) is 2.14. The van der Waals surface area contributed by atoms with Crippen LogP contribution in [0.2, 0.25) is 0 Å². The van der Waals surface area contributed by atoms with E-state index in [1.165, 1.54) is 15.8 Å². The molecule has 0 aliphatic heterocycles. The highest BCUT2D eigenvalue weighted by molar-refractivity contribution is 7.19. The first-order chi connectivity index (χ1) is 9.17. The lowest BCUT2D eigenvalue weighted by Crippen LogP contribution is -2.07. The zero-order chi connectivity index (χ0) is 13.4. The molecule has 3 rings (SSSR count). The summed E-state index contributed by atoms with van der Waals surface area (Å²) in [4.78, 5) is 3.60. The van der Waals surface area contributed by atoms with Crippen LogP contribution in [0.5, 0.6) is 0 Å². The lowest BCUT2D eigenvalue weighted by Gasteiger charge is -2.05.